The predicted octanol–water partition coefficient (Wildman–Crippen LogP) is 2.40. The lowest BCUT2D eigenvalue weighted by atomic mass is 10.3. The molecule has 1 radical (unpaired) electrons. The van der Waals surface area contributed by atoms with Gasteiger partial charge in [0.15, 0.2) is 0 Å². The molecule has 0 fully saturated rings. The van der Waals surface area contributed by atoms with E-state index in [2.05, 4.69) is 19.0 Å². The van der Waals surface area contributed by atoms with Crippen LogP contribution in [0.3, 0.4) is 0 Å². The van der Waals surface area contributed by atoms with Crippen molar-refractivity contribution in [2.45, 2.75) is 39.7 Å². The van der Waals surface area contributed by atoms with Crippen LogP contribution in [0.5, 0.6) is 0 Å². The second-order valence-electron chi connectivity index (χ2n) is 2.34. The smallest absolute Gasteiger partial charge is 0.124 e. The molecule has 0 rings (SSSR count). The van der Waals surface area contributed by atoms with Gasteiger partial charge in [-0.3, -0.25) is 0 Å². The zero-order valence-corrected chi connectivity index (χ0v) is 7.05. The molecule has 0 aromatic rings. The van der Waals surface area contributed by atoms with Gasteiger partial charge in [0.1, 0.15) is 6.10 Å². The standard InChI is InChI=1S/C8H16NO/c1-5-7(3)9-10-8(4)6-2/h8H,3,5-6H2,1-2,4H3. The van der Waals surface area contributed by atoms with Gasteiger partial charge in [0.2, 0.25) is 0 Å². The first-order chi connectivity index (χ1) is 4.70. The molecule has 0 aliphatic heterocycles. The highest BCUT2D eigenvalue weighted by Crippen LogP contribution is 1.97. The summed E-state index contributed by atoms with van der Waals surface area (Å²) in [4.78, 5) is 5.07. The second kappa shape index (κ2) is 5.27. The topological polar surface area (TPSA) is 21.6 Å². The van der Waals surface area contributed by atoms with Gasteiger partial charge in [0.25, 0.3) is 0 Å². The van der Waals surface area contributed by atoms with Crippen molar-refractivity contribution in [1.29, 1.82) is 0 Å². The van der Waals surface area contributed by atoms with Gasteiger partial charge in [-0.15, -0.1) is 0 Å². The predicted molar refractivity (Wildman–Crippen MR) is 43.9 cm³/mol. The second-order valence-corrected chi connectivity index (χ2v) is 2.34. The largest absolute Gasteiger partial charge is 0.393 e. The van der Waals surface area contributed by atoms with Crippen LogP contribution < -0.4 is 0 Å². The van der Waals surface area contributed by atoms with Crippen LogP contribution in [0.25, 0.3) is 0 Å². The first-order valence-corrected chi connectivity index (χ1v) is 3.75. The van der Waals surface area contributed by atoms with Gasteiger partial charge in [-0.1, -0.05) is 19.0 Å². The summed E-state index contributed by atoms with van der Waals surface area (Å²) < 4.78 is 0. The maximum atomic E-state index is 5.07. The average molecular weight is 142 g/mol. The van der Waals surface area contributed by atoms with E-state index in [1.54, 1.807) is 0 Å². The lowest BCUT2D eigenvalue weighted by Gasteiger charge is -2.05. The molecule has 0 aliphatic rings. The first kappa shape index (κ1) is 9.47. The van der Waals surface area contributed by atoms with Crippen molar-refractivity contribution in [2.75, 3.05) is 0 Å². The maximum absolute atomic E-state index is 5.07. The van der Waals surface area contributed by atoms with E-state index in [1.165, 1.54) is 0 Å². The van der Waals surface area contributed by atoms with Crippen molar-refractivity contribution in [2.24, 2.45) is 5.16 Å². The van der Waals surface area contributed by atoms with Crippen LogP contribution in [0.4, 0.5) is 0 Å². The van der Waals surface area contributed by atoms with E-state index >= 15 is 0 Å². The van der Waals surface area contributed by atoms with Crippen molar-refractivity contribution in [3.05, 3.63) is 6.92 Å². The molecule has 0 aliphatic carbocycles. The third-order valence-corrected chi connectivity index (χ3v) is 1.34. The van der Waals surface area contributed by atoms with Crippen LogP contribution in [0.15, 0.2) is 5.16 Å². The number of oxime groups is 1. The Balaban J connectivity index is 3.50. The number of hydrogen-bond donors (Lipinski definition) is 0. The highest BCUT2D eigenvalue weighted by molar-refractivity contribution is 5.87. The Morgan fingerprint density at radius 1 is 1.60 bits per heavy atom. The monoisotopic (exact) mass is 142 g/mol. The van der Waals surface area contributed by atoms with Crippen LogP contribution in [0, 0.1) is 6.92 Å². The van der Waals surface area contributed by atoms with E-state index in [0.717, 1.165) is 18.6 Å². The van der Waals surface area contributed by atoms with Gasteiger partial charge in [0.05, 0.1) is 5.71 Å². The molecule has 0 aromatic carbocycles. The minimum atomic E-state index is 0.211. The van der Waals surface area contributed by atoms with E-state index in [4.69, 9.17) is 4.84 Å². The lowest BCUT2D eigenvalue weighted by Crippen LogP contribution is -2.03. The summed E-state index contributed by atoms with van der Waals surface area (Å²) in [5.74, 6) is 0. The van der Waals surface area contributed by atoms with E-state index in [1.807, 2.05) is 13.8 Å². The molecule has 0 spiro atoms. The third-order valence-electron chi connectivity index (χ3n) is 1.34. The van der Waals surface area contributed by atoms with Crippen LogP contribution in [-0.4, -0.2) is 11.8 Å². The van der Waals surface area contributed by atoms with Gasteiger partial charge in [0, 0.05) is 0 Å². The minimum Gasteiger partial charge on any atom is -0.393 e. The Hall–Kier alpha value is -0.530. The molecule has 59 valence electrons. The fourth-order valence-electron chi connectivity index (χ4n) is 0.304. The van der Waals surface area contributed by atoms with Gasteiger partial charge >= 0.3 is 0 Å². The molecule has 0 N–H and O–H groups in total. The Kier molecular flexibility index (Phi) is 4.99. The molecule has 0 saturated heterocycles. The molecule has 10 heavy (non-hydrogen) atoms. The van der Waals surface area contributed by atoms with E-state index < -0.39 is 0 Å². The van der Waals surface area contributed by atoms with Crippen LogP contribution in [-0.2, 0) is 4.84 Å². The Bertz CT molecular complexity index is 110. The maximum Gasteiger partial charge on any atom is 0.124 e. The SMILES string of the molecule is [CH2]C(CC)=NOC(C)CC. The van der Waals surface area contributed by atoms with Gasteiger partial charge in [-0.2, -0.15) is 0 Å². The number of hydrogen-bond acceptors (Lipinski definition) is 2. The number of rotatable bonds is 4. The van der Waals surface area contributed by atoms with Gasteiger partial charge in [-0.25, -0.2) is 0 Å². The molecule has 2 heteroatoms. The molecule has 0 aromatic heterocycles. The normalized spacial score (nSPS) is 15.0. The van der Waals surface area contributed by atoms with E-state index in [-0.39, 0.29) is 6.10 Å². The van der Waals surface area contributed by atoms with Crippen LogP contribution >= 0.6 is 0 Å². The van der Waals surface area contributed by atoms with Crippen LogP contribution in [0.2, 0.25) is 0 Å². The average Bonchev–Trinajstić information content (AvgIpc) is 1.99. The van der Waals surface area contributed by atoms with E-state index in [0.29, 0.717) is 0 Å². The minimum absolute atomic E-state index is 0.211. The zero-order valence-electron chi connectivity index (χ0n) is 7.05. The summed E-state index contributed by atoms with van der Waals surface area (Å²) in [7, 11) is 0. The molecular formula is C8H16NO. The van der Waals surface area contributed by atoms with Crippen molar-refractivity contribution in [1.82, 2.24) is 0 Å². The fourth-order valence-corrected chi connectivity index (χ4v) is 0.304. The fraction of sp³-hybridized carbons (Fsp3) is 0.750. The van der Waals surface area contributed by atoms with E-state index in [9.17, 15) is 0 Å². The molecular weight excluding hydrogens is 126 g/mol. The van der Waals surface area contributed by atoms with Crippen molar-refractivity contribution in [3.8, 4) is 0 Å². The van der Waals surface area contributed by atoms with Crippen molar-refractivity contribution in [3.63, 3.8) is 0 Å². The van der Waals surface area contributed by atoms with Crippen molar-refractivity contribution < 1.29 is 4.84 Å². The Morgan fingerprint density at radius 2 is 2.20 bits per heavy atom. The Labute approximate surface area is 63.3 Å². The lowest BCUT2D eigenvalue weighted by molar-refractivity contribution is 0.0697. The molecule has 2 nitrogen and oxygen atoms in total. The summed E-state index contributed by atoms with van der Waals surface area (Å²) in [6, 6.07) is 0. The van der Waals surface area contributed by atoms with Crippen LogP contribution in [0.1, 0.15) is 33.6 Å². The quantitative estimate of drug-likeness (QED) is 0.436. The highest BCUT2D eigenvalue weighted by atomic mass is 16.6. The summed E-state index contributed by atoms with van der Waals surface area (Å²) in [6.07, 6.45) is 2.06. The molecule has 0 heterocycles. The first-order valence-electron chi connectivity index (χ1n) is 3.75. The number of nitrogens with zero attached hydrogens (tertiary/aromatic N) is 1. The molecule has 0 amide bonds. The summed E-state index contributed by atoms with van der Waals surface area (Å²) in [5.41, 5.74) is 0.806. The van der Waals surface area contributed by atoms with Gasteiger partial charge < -0.3 is 4.84 Å². The molecule has 0 saturated carbocycles. The molecule has 1 unspecified atom stereocenters. The Morgan fingerprint density at radius 3 is 2.60 bits per heavy atom. The van der Waals surface area contributed by atoms with Crippen molar-refractivity contribution >= 4 is 5.71 Å². The summed E-state index contributed by atoms with van der Waals surface area (Å²) >= 11 is 0. The highest BCUT2D eigenvalue weighted by Gasteiger charge is 1.95. The zero-order chi connectivity index (χ0) is 7.98. The summed E-state index contributed by atoms with van der Waals surface area (Å²) in [6.45, 7) is 9.75. The van der Waals surface area contributed by atoms with Gasteiger partial charge in [-0.05, 0) is 26.7 Å². The third kappa shape index (κ3) is 4.36. The molecule has 0 bridgehead atoms. The molecule has 1 atom stereocenters. The summed E-state index contributed by atoms with van der Waals surface area (Å²) in [5, 5.41) is 3.82.